The van der Waals surface area contributed by atoms with E-state index in [9.17, 15) is 0 Å². The van der Waals surface area contributed by atoms with Crippen LogP contribution in [-0.2, 0) is 0 Å². The van der Waals surface area contributed by atoms with Gasteiger partial charge in [-0.3, -0.25) is 3.97 Å². The topological polar surface area (TPSA) is 4.93 Å². The predicted octanol–water partition coefficient (Wildman–Crippen LogP) is 5.35. The lowest BCUT2D eigenvalue weighted by molar-refractivity contribution is 1.32. The molecule has 19 heavy (non-hydrogen) atoms. The molecule has 0 fully saturated rings. The van der Waals surface area contributed by atoms with Gasteiger partial charge in [0, 0.05) is 10.9 Å². The number of hydrogen-bond acceptors (Lipinski definition) is 1. The largest absolute Gasteiger partial charge is 0.286 e. The molecule has 0 saturated heterocycles. The minimum absolute atomic E-state index is 1.03. The smallest absolute Gasteiger partial charge is 0.0608 e. The maximum absolute atomic E-state index is 4.59. The monoisotopic (exact) mass is 269 g/mol. The highest BCUT2D eigenvalue weighted by atomic mass is 32.1. The van der Waals surface area contributed by atoms with Gasteiger partial charge in [-0.05, 0) is 44.0 Å². The van der Waals surface area contributed by atoms with E-state index in [-0.39, 0.29) is 0 Å². The molecule has 0 aliphatic rings. The van der Waals surface area contributed by atoms with E-state index in [2.05, 4.69) is 62.8 Å². The molecular weight excluding hydrogens is 250 g/mol. The first-order valence-electron chi connectivity index (χ1n) is 6.40. The third-order valence-corrected chi connectivity index (χ3v) is 3.73. The second kappa shape index (κ2) is 5.54. The standard InChI is InChI=1S/C17H19NS/c1-5-8-13-12(4)10-11-16-17(13)14(9-6-2)15(7-3)18(16)19/h5-11,19H,3H2,1-2,4H3/b8-5-,9-6-. The Morgan fingerprint density at radius 3 is 2.32 bits per heavy atom. The Labute approximate surface area is 120 Å². The zero-order valence-corrected chi connectivity index (χ0v) is 12.5. The first-order chi connectivity index (χ1) is 9.15. The van der Waals surface area contributed by atoms with E-state index < -0.39 is 0 Å². The molecule has 0 saturated carbocycles. The van der Waals surface area contributed by atoms with Crippen molar-refractivity contribution in [3.8, 4) is 0 Å². The van der Waals surface area contributed by atoms with E-state index in [4.69, 9.17) is 0 Å². The molecule has 1 heterocycles. The van der Waals surface area contributed by atoms with Crippen molar-refractivity contribution in [2.24, 2.45) is 0 Å². The molecule has 0 N–H and O–H groups in total. The van der Waals surface area contributed by atoms with E-state index in [0.717, 1.165) is 11.2 Å². The maximum atomic E-state index is 4.59. The zero-order chi connectivity index (χ0) is 14.0. The minimum Gasteiger partial charge on any atom is -0.286 e. The third-order valence-electron chi connectivity index (χ3n) is 3.30. The number of aromatic nitrogens is 1. The summed E-state index contributed by atoms with van der Waals surface area (Å²) in [6.07, 6.45) is 10.3. The maximum Gasteiger partial charge on any atom is 0.0608 e. The Kier molecular flexibility index (Phi) is 4.01. The number of nitrogens with zero attached hydrogens (tertiary/aromatic N) is 1. The van der Waals surface area contributed by atoms with Gasteiger partial charge in [-0.2, -0.15) is 0 Å². The van der Waals surface area contributed by atoms with Crippen molar-refractivity contribution in [3.63, 3.8) is 0 Å². The molecule has 0 unspecified atom stereocenters. The van der Waals surface area contributed by atoms with Crippen LogP contribution in [0.5, 0.6) is 0 Å². The first-order valence-corrected chi connectivity index (χ1v) is 6.80. The summed E-state index contributed by atoms with van der Waals surface area (Å²) in [6.45, 7) is 10.1. The molecule has 0 amide bonds. The summed E-state index contributed by atoms with van der Waals surface area (Å²) in [6, 6.07) is 4.25. The zero-order valence-electron chi connectivity index (χ0n) is 11.6. The van der Waals surface area contributed by atoms with E-state index in [1.807, 2.05) is 23.9 Å². The summed E-state index contributed by atoms with van der Waals surface area (Å²) >= 11 is 4.59. The van der Waals surface area contributed by atoms with E-state index >= 15 is 0 Å². The van der Waals surface area contributed by atoms with Crippen molar-refractivity contribution in [1.29, 1.82) is 0 Å². The lowest BCUT2D eigenvalue weighted by Gasteiger charge is -2.04. The SMILES string of the molecule is C=Cc1c(/C=C\C)c2c(/C=C\C)c(C)ccc2n1S. The number of aryl methyl sites for hydroxylation is 1. The molecule has 0 spiro atoms. The molecule has 0 bridgehead atoms. The van der Waals surface area contributed by atoms with Crippen LogP contribution in [0.2, 0.25) is 0 Å². The Bertz CT molecular complexity index is 687. The molecule has 1 nitrogen and oxygen atoms in total. The van der Waals surface area contributed by atoms with Crippen molar-refractivity contribution < 1.29 is 0 Å². The van der Waals surface area contributed by atoms with Crippen LogP contribution in [0.1, 0.15) is 36.2 Å². The van der Waals surface area contributed by atoms with E-state index in [1.54, 1.807) is 0 Å². The predicted molar refractivity (Wildman–Crippen MR) is 90.6 cm³/mol. The number of rotatable bonds is 3. The van der Waals surface area contributed by atoms with Crippen molar-refractivity contribution in [2.45, 2.75) is 20.8 Å². The van der Waals surface area contributed by atoms with Crippen LogP contribution in [0.3, 0.4) is 0 Å². The summed E-state index contributed by atoms with van der Waals surface area (Å²) in [7, 11) is 0. The summed E-state index contributed by atoms with van der Waals surface area (Å²) < 4.78 is 1.91. The average molecular weight is 269 g/mol. The van der Waals surface area contributed by atoms with Gasteiger partial charge in [-0.1, -0.05) is 49.8 Å². The van der Waals surface area contributed by atoms with Crippen molar-refractivity contribution in [2.75, 3.05) is 0 Å². The van der Waals surface area contributed by atoms with Gasteiger partial charge < -0.3 is 0 Å². The number of fused-ring (bicyclic) bond motifs is 1. The lowest BCUT2D eigenvalue weighted by atomic mass is 9.99. The number of allylic oxidation sites excluding steroid dienone is 2. The molecule has 0 atom stereocenters. The molecular formula is C17H19NS. The number of benzene rings is 1. The highest BCUT2D eigenvalue weighted by Crippen LogP contribution is 2.34. The van der Waals surface area contributed by atoms with Gasteiger partial charge in [0.25, 0.3) is 0 Å². The summed E-state index contributed by atoms with van der Waals surface area (Å²) in [5, 5.41) is 1.24. The van der Waals surface area contributed by atoms with Gasteiger partial charge in [0.2, 0.25) is 0 Å². The second-order valence-electron chi connectivity index (χ2n) is 4.51. The van der Waals surface area contributed by atoms with E-state index in [0.29, 0.717) is 0 Å². The van der Waals surface area contributed by atoms with Crippen LogP contribution >= 0.6 is 12.8 Å². The number of thiol groups is 1. The fourth-order valence-corrected chi connectivity index (χ4v) is 2.81. The molecule has 1 aromatic heterocycles. The summed E-state index contributed by atoms with van der Waals surface area (Å²) in [5.41, 5.74) is 5.85. The lowest BCUT2D eigenvalue weighted by Crippen LogP contribution is -1.85. The van der Waals surface area contributed by atoms with Crippen LogP contribution < -0.4 is 0 Å². The van der Waals surface area contributed by atoms with Crippen LogP contribution in [0.25, 0.3) is 29.1 Å². The molecule has 0 aliphatic heterocycles. The van der Waals surface area contributed by atoms with Gasteiger partial charge in [0.05, 0.1) is 11.2 Å². The molecule has 2 heteroatoms. The Hall–Kier alpha value is -1.67. The average Bonchev–Trinajstić information content (AvgIpc) is 2.66. The van der Waals surface area contributed by atoms with Gasteiger partial charge in [0.1, 0.15) is 0 Å². The molecule has 1 aromatic carbocycles. The Morgan fingerprint density at radius 2 is 1.74 bits per heavy atom. The summed E-state index contributed by atoms with van der Waals surface area (Å²) in [4.78, 5) is 0. The fourth-order valence-electron chi connectivity index (χ4n) is 2.46. The normalized spacial score (nSPS) is 12.0. The Morgan fingerprint density at radius 1 is 1.11 bits per heavy atom. The van der Waals surface area contributed by atoms with Crippen LogP contribution in [-0.4, -0.2) is 3.97 Å². The Balaban J connectivity index is 3.02. The van der Waals surface area contributed by atoms with Crippen molar-refractivity contribution >= 4 is 41.9 Å². The van der Waals surface area contributed by atoms with E-state index in [1.165, 1.54) is 22.1 Å². The quantitative estimate of drug-likeness (QED) is 0.716. The molecule has 0 radical (unpaired) electrons. The van der Waals surface area contributed by atoms with Crippen molar-refractivity contribution in [3.05, 3.63) is 53.2 Å². The van der Waals surface area contributed by atoms with Gasteiger partial charge in [0.15, 0.2) is 0 Å². The third kappa shape index (κ3) is 2.17. The highest BCUT2D eigenvalue weighted by Gasteiger charge is 2.15. The van der Waals surface area contributed by atoms with Crippen LogP contribution in [0.4, 0.5) is 0 Å². The second-order valence-corrected chi connectivity index (χ2v) is 4.91. The summed E-state index contributed by atoms with van der Waals surface area (Å²) in [5.74, 6) is 0. The highest BCUT2D eigenvalue weighted by molar-refractivity contribution is 7.78. The molecule has 2 aromatic rings. The first kappa shape index (κ1) is 13.8. The van der Waals surface area contributed by atoms with Gasteiger partial charge >= 0.3 is 0 Å². The van der Waals surface area contributed by atoms with Gasteiger partial charge in [-0.15, -0.1) is 0 Å². The minimum atomic E-state index is 1.03. The number of hydrogen-bond donors (Lipinski definition) is 1. The molecule has 98 valence electrons. The van der Waals surface area contributed by atoms with Crippen LogP contribution in [0, 0.1) is 6.92 Å². The molecule has 2 rings (SSSR count). The van der Waals surface area contributed by atoms with Crippen molar-refractivity contribution in [1.82, 2.24) is 3.97 Å². The van der Waals surface area contributed by atoms with Crippen LogP contribution in [0.15, 0.2) is 30.9 Å². The fraction of sp³-hybridized carbons (Fsp3) is 0.176. The van der Waals surface area contributed by atoms with Gasteiger partial charge in [-0.25, -0.2) is 0 Å². The molecule has 0 aliphatic carbocycles.